The van der Waals surface area contributed by atoms with Crippen molar-refractivity contribution in [2.45, 2.75) is 24.2 Å². The summed E-state index contributed by atoms with van der Waals surface area (Å²) in [4.78, 5) is 19.9. The summed E-state index contributed by atoms with van der Waals surface area (Å²) >= 11 is 0. The Hall–Kier alpha value is -2.61. The molecule has 2 aliphatic rings. The van der Waals surface area contributed by atoms with Crippen LogP contribution in [-0.4, -0.2) is 39.4 Å². The van der Waals surface area contributed by atoms with Crippen molar-refractivity contribution in [2.24, 2.45) is 0 Å². The number of anilines is 3. The molecule has 7 nitrogen and oxygen atoms in total. The predicted molar refractivity (Wildman–Crippen MR) is 100 cm³/mol. The van der Waals surface area contributed by atoms with Crippen molar-refractivity contribution >= 4 is 33.1 Å². The van der Waals surface area contributed by atoms with Gasteiger partial charge in [0.2, 0.25) is 5.91 Å². The lowest BCUT2D eigenvalue weighted by atomic mass is 10.2. The molecule has 26 heavy (non-hydrogen) atoms. The summed E-state index contributed by atoms with van der Waals surface area (Å²) in [6, 6.07) is 8.29. The molecule has 136 valence electrons. The maximum absolute atomic E-state index is 12.6. The van der Waals surface area contributed by atoms with Crippen LogP contribution in [0.5, 0.6) is 0 Å². The second-order valence-electron chi connectivity index (χ2n) is 6.62. The molecule has 2 aromatic rings. The van der Waals surface area contributed by atoms with Crippen molar-refractivity contribution < 1.29 is 13.2 Å². The number of sulfonamides is 1. The van der Waals surface area contributed by atoms with E-state index < -0.39 is 10.0 Å². The first kappa shape index (κ1) is 16.8. The maximum Gasteiger partial charge on any atom is 0.263 e. The van der Waals surface area contributed by atoms with Gasteiger partial charge >= 0.3 is 0 Å². The standard InChI is InChI=1S/C18H20N4O3S/c1-21-16-6-5-15(10-13(16)11-18(21)23)26(24,25)20-17-7-4-14(12-19-17)22-8-2-3-9-22/h4-7,10,12H,2-3,8-9,11H2,1H3,(H,19,20). The fourth-order valence-electron chi connectivity index (χ4n) is 3.42. The lowest BCUT2D eigenvalue weighted by Gasteiger charge is -2.17. The molecule has 1 saturated heterocycles. The van der Waals surface area contributed by atoms with E-state index in [2.05, 4.69) is 14.6 Å². The smallest absolute Gasteiger partial charge is 0.263 e. The molecule has 0 unspecified atom stereocenters. The van der Waals surface area contributed by atoms with Crippen molar-refractivity contribution in [1.82, 2.24) is 4.98 Å². The zero-order chi connectivity index (χ0) is 18.3. The average Bonchev–Trinajstić information content (AvgIpc) is 3.24. The second-order valence-corrected chi connectivity index (χ2v) is 8.30. The van der Waals surface area contributed by atoms with E-state index in [4.69, 9.17) is 0 Å². The van der Waals surface area contributed by atoms with Gasteiger partial charge in [0.15, 0.2) is 0 Å². The minimum Gasteiger partial charge on any atom is -0.370 e. The first-order chi connectivity index (χ1) is 12.4. The number of pyridine rings is 1. The minimum absolute atomic E-state index is 0.0401. The number of carbonyl (C=O) groups is 1. The monoisotopic (exact) mass is 372 g/mol. The van der Waals surface area contributed by atoms with Gasteiger partial charge in [-0.2, -0.15) is 0 Å². The Morgan fingerprint density at radius 2 is 1.88 bits per heavy atom. The Balaban J connectivity index is 1.54. The highest BCUT2D eigenvalue weighted by molar-refractivity contribution is 7.92. The van der Waals surface area contributed by atoms with Crippen LogP contribution in [-0.2, 0) is 21.2 Å². The molecule has 0 radical (unpaired) electrons. The fourth-order valence-corrected chi connectivity index (χ4v) is 4.48. The van der Waals surface area contributed by atoms with E-state index in [1.165, 1.54) is 23.8 Å². The molecule has 2 aliphatic heterocycles. The Morgan fingerprint density at radius 1 is 1.12 bits per heavy atom. The SMILES string of the molecule is CN1C(=O)Cc2cc(S(=O)(=O)Nc3ccc(N4CCCC4)cn3)ccc21. The van der Waals surface area contributed by atoms with Gasteiger partial charge in [-0.15, -0.1) is 0 Å². The van der Waals surface area contributed by atoms with E-state index >= 15 is 0 Å². The zero-order valence-electron chi connectivity index (χ0n) is 14.5. The van der Waals surface area contributed by atoms with Crippen LogP contribution >= 0.6 is 0 Å². The number of carbonyl (C=O) groups excluding carboxylic acids is 1. The van der Waals surface area contributed by atoms with Gasteiger partial charge < -0.3 is 9.80 Å². The molecule has 1 N–H and O–H groups in total. The highest BCUT2D eigenvalue weighted by atomic mass is 32.2. The highest BCUT2D eigenvalue weighted by Crippen LogP contribution is 2.30. The normalized spacial score (nSPS) is 16.9. The van der Waals surface area contributed by atoms with Gasteiger partial charge in [-0.1, -0.05) is 0 Å². The van der Waals surface area contributed by atoms with Crippen LogP contribution in [0.25, 0.3) is 0 Å². The molecule has 0 spiro atoms. The van der Waals surface area contributed by atoms with Crippen LogP contribution in [0.15, 0.2) is 41.4 Å². The topological polar surface area (TPSA) is 82.6 Å². The fraction of sp³-hybridized carbons (Fsp3) is 0.333. The highest BCUT2D eigenvalue weighted by Gasteiger charge is 2.26. The molecule has 0 saturated carbocycles. The van der Waals surface area contributed by atoms with E-state index in [0.717, 1.165) is 30.0 Å². The summed E-state index contributed by atoms with van der Waals surface area (Å²) < 4.78 is 27.8. The second kappa shape index (κ2) is 6.28. The lowest BCUT2D eigenvalue weighted by molar-refractivity contribution is -0.117. The third-order valence-corrected chi connectivity index (χ3v) is 6.25. The number of amides is 1. The number of likely N-dealkylation sites (N-methyl/N-ethyl adjacent to an activating group) is 1. The van der Waals surface area contributed by atoms with E-state index in [-0.39, 0.29) is 23.0 Å². The van der Waals surface area contributed by atoms with Crippen LogP contribution in [0, 0.1) is 0 Å². The van der Waals surface area contributed by atoms with Crippen molar-refractivity contribution in [3.63, 3.8) is 0 Å². The molecular formula is C18H20N4O3S. The summed E-state index contributed by atoms with van der Waals surface area (Å²) in [7, 11) is -2.07. The third-order valence-electron chi connectivity index (χ3n) is 4.90. The maximum atomic E-state index is 12.6. The van der Waals surface area contributed by atoms with Gasteiger partial charge in [-0.3, -0.25) is 9.52 Å². The number of nitrogens with zero attached hydrogens (tertiary/aromatic N) is 3. The van der Waals surface area contributed by atoms with E-state index in [1.54, 1.807) is 31.4 Å². The first-order valence-electron chi connectivity index (χ1n) is 8.57. The van der Waals surface area contributed by atoms with Crippen LogP contribution in [0.3, 0.4) is 0 Å². The summed E-state index contributed by atoms with van der Waals surface area (Å²) in [5.41, 5.74) is 2.48. The van der Waals surface area contributed by atoms with Crippen molar-refractivity contribution in [3.05, 3.63) is 42.1 Å². The summed E-state index contributed by atoms with van der Waals surface area (Å²) in [5.74, 6) is 0.239. The van der Waals surface area contributed by atoms with E-state index in [1.807, 2.05) is 6.07 Å². The molecule has 1 amide bonds. The Morgan fingerprint density at radius 3 is 2.58 bits per heavy atom. The third kappa shape index (κ3) is 3.01. The van der Waals surface area contributed by atoms with Gasteiger partial charge in [0.25, 0.3) is 10.0 Å². The molecule has 4 rings (SSSR count). The molecule has 1 fully saturated rings. The number of hydrogen-bond acceptors (Lipinski definition) is 5. The average molecular weight is 372 g/mol. The number of nitrogens with one attached hydrogen (secondary N) is 1. The zero-order valence-corrected chi connectivity index (χ0v) is 15.3. The molecule has 0 bridgehead atoms. The van der Waals surface area contributed by atoms with Crippen LogP contribution in [0.4, 0.5) is 17.2 Å². The molecule has 0 atom stereocenters. The summed E-state index contributed by atoms with van der Waals surface area (Å²) in [6.07, 6.45) is 4.26. The first-order valence-corrected chi connectivity index (χ1v) is 10.1. The van der Waals surface area contributed by atoms with E-state index in [9.17, 15) is 13.2 Å². The Labute approximate surface area is 152 Å². The Kier molecular flexibility index (Phi) is 4.07. The van der Waals surface area contributed by atoms with Gasteiger partial charge in [-0.25, -0.2) is 13.4 Å². The van der Waals surface area contributed by atoms with Crippen LogP contribution in [0.2, 0.25) is 0 Å². The number of benzene rings is 1. The van der Waals surface area contributed by atoms with Gasteiger partial charge in [0.1, 0.15) is 5.82 Å². The number of aromatic nitrogens is 1. The molecular weight excluding hydrogens is 352 g/mol. The number of hydrogen-bond donors (Lipinski definition) is 1. The minimum atomic E-state index is -3.76. The number of rotatable bonds is 4. The van der Waals surface area contributed by atoms with Crippen molar-refractivity contribution in [1.29, 1.82) is 0 Å². The predicted octanol–water partition coefficient (Wildman–Crippen LogP) is 2.00. The van der Waals surface area contributed by atoms with Crippen molar-refractivity contribution in [3.8, 4) is 0 Å². The van der Waals surface area contributed by atoms with Gasteiger partial charge in [-0.05, 0) is 48.7 Å². The number of fused-ring (bicyclic) bond motifs is 1. The van der Waals surface area contributed by atoms with Gasteiger partial charge in [0, 0.05) is 25.8 Å². The Bertz CT molecular complexity index is 951. The quantitative estimate of drug-likeness (QED) is 0.888. The van der Waals surface area contributed by atoms with Crippen LogP contribution < -0.4 is 14.5 Å². The lowest BCUT2D eigenvalue weighted by Crippen LogP contribution is -2.20. The van der Waals surface area contributed by atoms with Crippen LogP contribution in [0.1, 0.15) is 18.4 Å². The van der Waals surface area contributed by atoms with E-state index in [0.29, 0.717) is 0 Å². The molecule has 3 heterocycles. The molecule has 8 heteroatoms. The molecule has 1 aromatic carbocycles. The van der Waals surface area contributed by atoms with Crippen molar-refractivity contribution in [2.75, 3.05) is 34.7 Å². The summed E-state index contributed by atoms with van der Waals surface area (Å²) in [5, 5.41) is 0. The molecule has 1 aromatic heterocycles. The summed E-state index contributed by atoms with van der Waals surface area (Å²) in [6.45, 7) is 2.02. The molecule has 0 aliphatic carbocycles. The van der Waals surface area contributed by atoms with Gasteiger partial charge in [0.05, 0.1) is 23.2 Å². The largest absolute Gasteiger partial charge is 0.370 e.